The molecule has 102 valence electrons. The van der Waals surface area contributed by atoms with Gasteiger partial charge in [-0.25, -0.2) is 0 Å². The van der Waals surface area contributed by atoms with Gasteiger partial charge in [-0.1, -0.05) is 13.8 Å². The predicted molar refractivity (Wildman–Crippen MR) is 72.1 cm³/mol. The first-order valence-electron chi connectivity index (χ1n) is 6.55. The van der Waals surface area contributed by atoms with Gasteiger partial charge in [0.2, 0.25) is 5.91 Å². The van der Waals surface area contributed by atoms with Gasteiger partial charge in [0.05, 0.1) is 5.69 Å². The van der Waals surface area contributed by atoms with Crippen LogP contribution < -0.4 is 11.1 Å². The van der Waals surface area contributed by atoms with Crippen LogP contribution in [0.2, 0.25) is 0 Å². The molecule has 1 heterocycles. The van der Waals surface area contributed by atoms with E-state index in [0.29, 0.717) is 6.54 Å². The molecule has 0 atom stereocenters. The Morgan fingerprint density at radius 1 is 1.39 bits per heavy atom. The van der Waals surface area contributed by atoms with Gasteiger partial charge in [-0.2, -0.15) is 5.10 Å². The highest BCUT2D eigenvalue weighted by Gasteiger charge is 2.14. The molecule has 0 bridgehead atoms. The van der Waals surface area contributed by atoms with E-state index in [0.717, 1.165) is 29.8 Å². The van der Waals surface area contributed by atoms with E-state index in [9.17, 15) is 4.79 Å². The van der Waals surface area contributed by atoms with Crippen molar-refractivity contribution < 1.29 is 4.79 Å². The average molecular weight is 252 g/mol. The molecule has 0 aromatic carbocycles. The molecule has 0 saturated carbocycles. The van der Waals surface area contributed by atoms with E-state index >= 15 is 0 Å². The van der Waals surface area contributed by atoms with Crippen LogP contribution in [0.25, 0.3) is 0 Å². The second-order valence-electron chi connectivity index (χ2n) is 4.59. The van der Waals surface area contributed by atoms with Gasteiger partial charge in [-0.3, -0.25) is 9.48 Å². The summed E-state index contributed by atoms with van der Waals surface area (Å²) in [7, 11) is 0. The standard InChI is InChI=1S/C13H24N4O/c1-5-11(6-2)15-13(18)8-17-10(4)12(7-14)9(3)16-17/h11H,5-8,14H2,1-4H3,(H,15,18). The van der Waals surface area contributed by atoms with Crippen molar-refractivity contribution in [3.8, 4) is 0 Å². The van der Waals surface area contributed by atoms with Gasteiger partial charge in [0, 0.05) is 23.8 Å². The maximum atomic E-state index is 11.9. The van der Waals surface area contributed by atoms with Gasteiger partial charge in [0.25, 0.3) is 0 Å². The molecular formula is C13H24N4O. The molecule has 0 fully saturated rings. The normalized spacial score (nSPS) is 11.0. The van der Waals surface area contributed by atoms with E-state index < -0.39 is 0 Å². The molecule has 0 spiro atoms. The Balaban J connectivity index is 2.70. The van der Waals surface area contributed by atoms with Crippen molar-refractivity contribution in [1.82, 2.24) is 15.1 Å². The summed E-state index contributed by atoms with van der Waals surface area (Å²) in [6.07, 6.45) is 1.90. The first kappa shape index (κ1) is 14.7. The maximum absolute atomic E-state index is 11.9. The highest BCUT2D eigenvalue weighted by atomic mass is 16.2. The topological polar surface area (TPSA) is 72.9 Å². The minimum Gasteiger partial charge on any atom is -0.352 e. The van der Waals surface area contributed by atoms with Crippen LogP contribution in [-0.4, -0.2) is 21.7 Å². The molecule has 1 rings (SSSR count). The first-order valence-corrected chi connectivity index (χ1v) is 6.55. The minimum absolute atomic E-state index is 0.0119. The zero-order valence-corrected chi connectivity index (χ0v) is 11.8. The molecule has 0 saturated heterocycles. The number of carbonyl (C=O) groups excluding carboxylic acids is 1. The summed E-state index contributed by atoms with van der Waals surface area (Å²) in [5.41, 5.74) is 8.59. The van der Waals surface area contributed by atoms with E-state index in [-0.39, 0.29) is 18.5 Å². The monoisotopic (exact) mass is 252 g/mol. The van der Waals surface area contributed by atoms with Crippen LogP contribution in [0, 0.1) is 13.8 Å². The van der Waals surface area contributed by atoms with Gasteiger partial charge < -0.3 is 11.1 Å². The van der Waals surface area contributed by atoms with Crippen LogP contribution in [0.15, 0.2) is 0 Å². The van der Waals surface area contributed by atoms with Crippen LogP contribution in [0.4, 0.5) is 0 Å². The zero-order valence-electron chi connectivity index (χ0n) is 11.8. The number of nitrogens with one attached hydrogen (secondary N) is 1. The quantitative estimate of drug-likeness (QED) is 0.800. The molecular weight excluding hydrogens is 228 g/mol. The molecule has 0 radical (unpaired) electrons. The molecule has 1 amide bonds. The zero-order chi connectivity index (χ0) is 13.7. The summed E-state index contributed by atoms with van der Waals surface area (Å²) < 4.78 is 1.73. The predicted octanol–water partition coefficient (Wildman–Crippen LogP) is 1.26. The Bertz CT molecular complexity index is 407. The van der Waals surface area contributed by atoms with Crippen molar-refractivity contribution in [3.05, 3.63) is 17.0 Å². The Hall–Kier alpha value is -1.36. The largest absolute Gasteiger partial charge is 0.352 e. The lowest BCUT2D eigenvalue weighted by atomic mass is 10.2. The SMILES string of the molecule is CCC(CC)NC(=O)Cn1nc(C)c(CN)c1C. The fourth-order valence-corrected chi connectivity index (χ4v) is 2.09. The molecule has 0 aliphatic rings. The number of carbonyl (C=O) groups is 1. The number of amides is 1. The van der Waals surface area contributed by atoms with Crippen molar-refractivity contribution in [2.75, 3.05) is 0 Å². The third kappa shape index (κ3) is 3.32. The van der Waals surface area contributed by atoms with E-state index in [2.05, 4.69) is 24.3 Å². The fraction of sp³-hybridized carbons (Fsp3) is 0.692. The van der Waals surface area contributed by atoms with Crippen LogP contribution in [0.3, 0.4) is 0 Å². The molecule has 18 heavy (non-hydrogen) atoms. The second kappa shape index (κ2) is 6.54. The van der Waals surface area contributed by atoms with Gasteiger partial charge in [-0.05, 0) is 26.7 Å². The van der Waals surface area contributed by atoms with Crippen LogP contribution in [-0.2, 0) is 17.9 Å². The van der Waals surface area contributed by atoms with Gasteiger partial charge in [-0.15, -0.1) is 0 Å². The number of nitrogens with zero attached hydrogens (tertiary/aromatic N) is 2. The summed E-state index contributed by atoms with van der Waals surface area (Å²) in [5, 5.41) is 7.36. The van der Waals surface area contributed by atoms with Gasteiger partial charge in [0.1, 0.15) is 6.54 Å². The Morgan fingerprint density at radius 2 is 2.00 bits per heavy atom. The highest BCUT2D eigenvalue weighted by molar-refractivity contribution is 5.76. The summed E-state index contributed by atoms with van der Waals surface area (Å²) in [4.78, 5) is 11.9. The minimum atomic E-state index is 0.0119. The molecule has 0 aliphatic carbocycles. The van der Waals surface area contributed by atoms with E-state index in [1.165, 1.54) is 0 Å². The second-order valence-corrected chi connectivity index (χ2v) is 4.59. The fourth-order valence-electron chi connectivity index (χ4n) is 2.09. The lowest BCUT2D eigenvalue weighted by Gasteiger charge is -2.15. The van der Waals surface area contributed by atoms with Crippen molar-refractivity contribution in [2.24, 2.45) is 5.73 Å². The summed E-state index contributed by atoms with van der Waals surface area (Å²) in [6, 6.07) is 0.253. The van der Waals surface area contributed by atoms with E-state index in [1.54, 1.807) is 4.68 Å². The Kier molecular flexibility index (Phi) is 5.34. The third-order valence-corrected chi connectivity index (χ3v) is 3.38. The molecule has 5 heteroatoms. The van der Waals surface area contributed by atoms with Crippen molar-refractivity contribution in [2.45, 2.75) is 59.7 Å². The van der Waals surface area contributed by atoms with Gasteiger partial charge in [0.15, 0.2) is 0 Å². The van der Waals surface area contributed by atoms with Gasteiger partial charge >= 0.3 is 0 Å². The summed E-state index contributed by atoms with van der Waals surface area (Å²) in [5.74, 6) is 0.0119. The van der Waals surface area contributed by atoms with E-state index in [4.69, 9.17) is 5.73 Å². The van der Waals surface area contributed by atoms with Crippen molar-refractivity contribution in [1.29, 1.82) is 0 Å². The first-order chi connectivity index (χ1) is 8.53. The highest BCUT2D eigenvalue weighted by Crippen LogP contribution is 2.11. The Labute approximate surface area is 109 Å². The maximum Gasteiger partial charge on any atom is 0.241 e. The number of rotatable bonds is 6. The third-order valence-electron chi connectivity index (χ3n) is 3.38. The molecule has 5 nitrogen and oxygen atoms in total. The average Bonchev–Trinajstić information content (AvgIpc) is 2.61. The molecule has 0 aliphatic heterocycles. The number of nitrogens with two attached hydrogens (primary N) is 1. The van der Waals surface area contributed by atoms with Crippen molar-refractivity contribution >= 4 is 5.91 Å². The molecule has 0 unspecified atom stereocenters. The number of hydrogen-bond donors (Lipinski definition) is 2. The van der Waals surface area contributed by atoms with Crippen LogP contribution >= 0.6 is 0 Å². The smallest absolute Gasteiger partial charge is 0.241 e. The van der Waals surface area contributed by atoms with Crippen LogP contribution in [0.5, 0.6) is 0 Å². The Morgan fingerprint density at radius 3 is 2.44 bits per heavy atom. The number of aryl methyl sites for hydroxylation is 1. The lowest BCUT2D eigenvalue weighted by Crippen LogP contribution is -2.36. The number of aromatic nitrogens is 2. The summed E-state index contributed by atoms with van der Waals surface area (Å²) >= 11 is 0. The number of hydrogen-bond acceptors (Lipinski definition) is 3. The molecule has 1 aromatic rings. The van der Waals surface area contributed by atoms with Crippen LogP contribution in [0.1, 0.15) is 43.6 Å². The molecule has 3 N–H and O–H groups in total. The van der Waals surface area contributed by atoms with E-state index in [1.807, 2.05) is 13.8 Å². The lowest BCUT2D eigenvalue weighted by molar-refractivity contribution is -0.122. The van der Waals surface area contributed by atoms with Crippen molar-refractivity contribution in [3.63, 3.8) is 0 Å². The molecule has 1 aromatic heterocycles. The summed E-state index contributed by atoms with van der Waals surface area (Å²) in [6.45, 7) is 8.75.